The van der Waals surface area contributed by atoms with Crippen molar-refractivity contribution in [2.24, 2.45) is 5.73 Å². The fourth-order valence-electron chi connectivity index (χ4n) is 2.48. The van der Waals surface area contributed by atoms with Gasteiger partial charge in [0.2, 0.25) is 11.8 Å². The molecule has 0 saturated carbocycles. The van der Waals surface area contributed by atoms with Gasteiger partial charge in [-0.2, -0.15) is 0 Å². The third-order valence-corrected chi connectivity index (χ3v) is 3.93. The van der Waals surface area contributed by atoms with Gasteiger partial charge in [-0.3, -0.25) is 14.5 Å². The van der Waals surface area contributed by atoms with Gasteiger partial charge in [0, 0.05) is 38.1 Å². The minimum Gasteiger partial charge on any atom is -0.380 e. The first kappa shape index (κ1) is 19.3. The van der Waals surface area contributed by atoms with E-state index in [0.717, 1.165) is 13.1 Å². The van der Waals surface area contributed by atoms with Crippen LogP contribution in [0, 0.1) is 0 Å². The van der Waals surface area contributed by atoms with Crippen molar-refractivity contribution >= 4 is 23.2 Å². The van der Waals surface area contributed by atoms with Gasteiger partial charge >= 0.3 is 0 Å². The summed E-state index contributed by atoms with van der Waals surface area (Å²) in [5.74, 6) is -0.231. The van der Waals surface area contributed by atoms with Gasteiger partial charge in [0.15, 0.2) is 0 Å². The second kappa shape index (κ2) is 10.1. The molecule has 2 rings (SSSR count). The Morgan fingerprint density at radius 1 is 1.16 bits per heavy atom. The van der Waals surface area contributed by atoms with Gasteiger partial charge in [0.05, 0.1) is 32.3 Å². The summed E-state index contributed by atoms with van der Waals surface area (Å²) in [6.45, 7) is 3.50. The summed E-state index contributed by atoms with van der Waals surface area (Å²) in [4.78, 5) is 26.0. The molecule has 1 atom stereocenters. The zero-order valence-corrected chi connectivity index (χ0v) is 14.5. The van der Waals surface area contributed by atoms with Crippen molar-refractivity contribution in [2.75, 3.05) is 57.1 Å². The second-order valence-corrected chi connectivity index (χ2v) is 5.86. The van der Waals surface area contributed by atoms with Crippen LogP contribution in [0.2, 0.25) is 0 Å². The molecule has 1 aliphatic rings. The molecule has 1 unspecified atom stereocenters. The Morgan fingerprint density at radius 3 is 2.24 bits per heavy atom. The number of nitrogens with zero attached hydrogens (tertiary/aromatic N) is 1. The smallest absolute Gasteiger partial charge is 0.238 e. The van der Waals surface area contributed by atoms with Crippen LogP contribution in [0.5, 0.6) is 0 Å². The van der Waals surface area contributed by atoms with E-state index in [-0.39, 0.29) is 30.9 Å². The molecule has 1 saturated heterocycles. The van der Waals surface area contributed by atoms with Crippen LogP contribution in [0.4, 0.5) is 11.4 Å². The number of hydrogen-bond acceptors (Lipinski definition) is 6. The third-order valence-electron chi connectivity index (χ3n) is 3.93. The standard InChI is InChI=1S/C17H26N4O4/c1-24-15(11-18)10-16(22)19-13-2-4-14(5-3-13)20-17(23)12-21-6-8-25-9-7-21/h2-5,15H,6-12,18H2,1H3,(H,19,22)(H,20,23). The number of morpholine rings is 1. The molecule has 0 aliphatic carbocycles. The molecule has 1 aromatic carbocycles. The average Bonchev–Trinajstić information content (AvgIpc) is 2.62. The number of carbonyl (C=O) groups excluding carboxylic acids is 2. The number of ether oxygens (including phenoxy) is 2. The molecule has 4 N–H and O–H groups in total. The molecule has 1 fully saturated rings. The van der Waals surface area contributed by atoms with E-state index in [2.05, 4.69) is 15.5 Å². The average molecular weight is 350 g/mol. The van der Waals surface area contributed by atoms with Gasteiger partial charge in [-0.1, -0.05) is 0 Å². The third kappa shape index (κ3) is 6.79. The first-order valence-corrected chi connectivity index (χ1v) is 8.33. The van der Waals surface area contributed by atoms with E-state index in [1.54, 1.807) is 24.3 Å². The predicted octanol–water partition coefficient (Wildman–Crippen LogP) is 0.260. The normalized spacial score (nSPS) is 16.2. The van der Waals surface area contributed by atoms with Crippen LogP contribution in [-0.2, 0) is 19.1 Å². The van der Waals surface area contributed by atoms with Crippen LogP contribution in [0.1, 0.15) is 6.42 Å². The van der Waals surface area contributed by atoms with Crippen LogP contribution in [0.25, 0.3) is 0 Å². The fraction of sp³-hybridized carbons (Fsp3) is 0.529. The SMILES string of the molecule is COC(CN)CC(=O)Nc1ccc(NC(=O)CN2CCOCC2)cc1. The van der Waals surface area contributed by atoms with E-state index >= 15 is 0 Å². The van der Waals surface area contributed by atoms with Gasteiger partial charge in [-0.05, 0) is 24.3 Å². The number of carbonyl (C=O) groups is 2. The van der Waals surface area contributed by atoms with E-state index in [1.165, 1.54) is 7.11 Å². The number of rotatable bonds is 8. The Morgan fingerprint density at radius 2 is 1.72 bits per heavy atom. The number of hydrogen-bond donors (Lipinski definition) is 3. The predicted molar refractivity (Wildman–Crippen MR) is 95.4 cm³/mol. The summed E-state index contributed by atoms with van der Waals surface area (Å²) >= 11 is 0. The first-order valence-electron chi connectivity index (χ1n) is 8.33. The molecular weight excluding hydrogens is 324 g/mol. The van der Waals surface area contributed by atoms with E-state index in [0.29, 0.717) is 31.1 Å². The van der Waals surface area contributed by atoms with E-state index in [1.807, 2.05) is 0 Å². The summed E-state index contributed by atoms with van der Waals surface area (Å²) in [5.41, 5.74) is 6.85. The van der Waals surface area contributed by atoms with Crippen LogP contribution >= 0.6 is 0 Å². The lowest BCUT2D eigenvalue weighted by Gasteiger charge is -2.25. The summed E-state index contributed by atoms with van der Waals surface area (Å²) in [7, 11) is 1.53. The van der Waals surface area contributed by atoms with E-state index in [4.69, 9.17) is 15.2 Å². The Balaban J connectivity index is 1.78. The second-order valence-electron chi connectivity index (χ2n) is 5.86. The lowest BCUT2D eigenvalue weighted by Crippen LogP contribution is -2.41. The first-order chi connectivity index (χ1) is 12.1. The molecule has 8 nitrogen and oxygen atoms in total. The summed E-state index contributed by atoms with van der Waals surface area (Å²) in [6.07, 6.45) is -0.0934. The van der Waals surface area contributed by atoms with Crippen LogP contribution in [-0.4, -0.2) is 69.3 Å². The molecule has 138 valence electrons. The van der Waals surface area contributed by atoms with Crippen LogP contribution < -0.4 is 16.4 Å². The lowest BCUT2D eigenvalue weighted by molar-refractivity contribution is -0.119. The van der Waals surface area contributed by atoms with Gasteiger partial charge in [0.25, 0.3) is 0 Å². The number of anilines is 2. The molecular formula is C17H26N4O4. The quantitative estimate of drug-likeness (QED) is 0.621. The number of nitrogens with two attached hydrogens (primary N) is 1. The summed E-state index contributed by atoms with van der Waals surface area (Å²) in [5, 5.41) is 5.63. The maximum absolute atomic E-state index is 12.0. The molecule has 1 aromatic rings. The lowest BCUT2D eigenvalue weighted by atomic mass is 10.2. The maximum Gasteiger partial charge on any atom is 0.238 e. The van der Waals surface area contributed by atoms with E-state index < -0.39 is 0 Å². The topological polar surface area (TPSA) is 106 Å². The highest BCUT2D eigenvalue weighted by molar-refractivity contribution is 5.93. The Bertz CT molecular complexity index is 554. The molecule has 2 amide bonds. The highest BCUT2D eigenvalue weighted by atomic mass is 16.5. The van der Waals surface area contributed by atoms with Gasteiger partial charge in [-0.15, -0.1) is 0 Å². The van der Waals surface area contributed by atoms with Crippen molar-refractivity contribution in [1.29, 1.82) is 0 Å². The molecule has 0 spiro atoms. The monoisotopic (exact) mass is 350 g/mol. The van der Waals surface area contributed by atoms with Gasteiger partial charge in [0.1, 0.15) is 0 Å². The molecule has 0 radical (unpaired) electrons. The van der Waals surface area contributed by atoms with E-state index in [9.17, 15) is 9.59 Å². The van der Waals surface area contributed by atoms with Crippen molar-refractivity contribution in [3.63, 3.8) is 0 Å². The zero-order valence-electron chi connectivity index (χ0n) is 14.5. The minimum absolute atomic E-state index is 0.0652. The Hall–Kier alpha value is -2.00. The minimum atomic E-state index is -0.293. The number of amides is 2. The highest BCUT2D eigenvalue weighted by Gasteiger charge is 2.14. The molecule has 25 heavy (non-hydrogen) atoms. The van der Waals surface area contributed by atoms with Crippen molar-refractivity contribution in [1.82, 2.24) is 4.90 Å². The van der Waals surface area contributed by atoms with Gasteiger partial charge in [-0.25, -0.2) is 0 Å². The number of methoxy groups -OCH3 is 1. The Kier molecular flexibility index (Phi) is 7.80. The van der Waals surface area contributed by atoms with Gasteiger partial charge < -0.3 is 25.8 Å². The fourth-order valence-corrected chi connectivity index (χ4v) is 2.48. The van der Waals surface area contributed by atoms with Crippen LogP contribution in [0.3, 0.4) is 0 Å². The highest BCUT2D eigenvalue weighted by Crippen LogP contribution is 2.14. The summed E-state index contributed by atoms with van der Waals surface area (Å²) in [6, 6.07) is 6.99. The zero-order chi connectivity index (χ0) is 18.1. The molecule has 0 aromatic heterocycles. The number of nitrogens with one attached hydrogen (secondary N) is 2. The van der Waals surface area contributed by atoms with Crippen LogP contribution in [0.15, 0.2) is 24.3 Å². The largest absolute Gasteiger partial charge is 0.380 e. The molecule has 0 bridgehead atoms. The maximum atomic E-state index is 12.0. The summed E-state index contributed by atoms with van der Waals surface area (Å²) < 4.78 is 10.3. The molecule has 1 aliphatic heterocycles. The van der Waals surface area contributed by atoms with Crippen molar-refractivity contribution in [3.8, 4) is 0 Å². The molecule has 1 heterocycles. The number of benzene rings is 1. The van der Waals surface area contributed by atoms with Crippen molar-refractivity contribution < 1.29 is 19.1 Å². The van der Waals surface area contributed by atoms with Crippen molar-refractivity contribution in [3.05, 3.63) is 24.3 Å². The molecule has 8 heteroatoms. The Labute approximate surface area is 147 Å². The van der Waals surface area contributed by atoms with Crippen molar-refractivity contribution in [2.45, 2.75) is 12.5 Å².